The van der Waals surface area contributed by atoms with Gasteiger partial charge in [0.05, 0.1) is 0 Å². The molecule has 0 saturated heterocycles. The minimum Gasteiger partial charge on any atom is -0.379 e. The van der Waals surface area contributed by atoms with Crippen LogP contribution in [-0.2, 0) is 13.3 Å². The molecule has 0 aliphatic heterocycles. The Balaban J connectivity index is 3.59. The maximum Gasteiger partial charge on any atom is 0.483 e. The molecule has 4 N–H and O–H groups in total. The van der Waals surface area contributed by atoms with E-state index in [4.69, 9.17) is 24.7 Å². The molecule has 0 aliphatic rings. The molecule has 0 aromatic rings. The fourth-order valence-electron chi connectivity index (χ4n) is 1.14. The van der Waals surface area contributed by atoms with Crippen molar-refractivity contribution in [2.75, 3.05) is 27.4 Å². The third-order valence-electron chi connectivity index (χ3n) is 2.17. The molecule has 0 amide bonds. The molecule has 6 heteroatoms. The van der Waals surface area contributed by atoms with Crippen LogP contribution in [0.5, 0.6) is 0 Å². The van der Waals surface area contributed by atoms with Gasteiger partial charge in [-0.1, -0.05) is 0 Å². The first-order valence-electron chi connectivity index (χ1n) is 4.78. The van der Waals surface area contributed by atoms with Crippen LogP contribution in [-0.4, -0.2) is 42.9 Å². The third kappa shape index (κ3) is 5.69. The van der Waals surface area contributed by atoms with Gasteiger partial charge in [0.1, 0.15) is 0 Å². The molecule has 0 spiro atoms. The van der Waals surface area contributed by atoms with E-state index in [2.05, 4.69) is 0 Å². The Morgan fingerprint density at radius 1 is 1.29 bits per heavy atom. The molecular weight excluding hydrogens is 200 g/mol. The first-order valence-corrected chi connectivity index (χ1v) is 6.20. The van der Waals surface area contributed by atoms with Crippen molar-refractivity contribution in [1.82, 2.24) is 0 Å². The van der Waals surface area contributed by atoms with Gasteiger partial charge in [-0.05, 0) is 25.8 Å². The highest BCUT2D eigenvalue weighted by atomic mass is 28.3. The second-order valence-electron chi connectivity index (χ2n) is 3.27. The predicted molar refractivity (Wildman–Crippen MR) is 57.9 cm³/mol. The second kappa shape index (κ2) is 8.34. The molecule has 0 saturated carbocycles. The molecular formula is C8H22N2O3Si. The maximum absolute atomic E-state index is 5.74. The first-order chi connectivity index (χ1) is 6.65. The van der Waals surface area contributed by atoms with Gasteiger partial charge < -0.3 is 24.7 Å². The smallest absolute Gasteiger partial charge is 0.379 e. The lowest BCUT2D eigenvalue weighted by atomic mass is 9.99. The summed E-state index contributed by atoms with van der Waals surface area (Å²) in [6.07, 6.45) is 0.852. The normalized spacial score (nSPS) is 15.9. The summed E-state index contributed by atoms with van der Waals surface area (Å²) in [5.41, 5.74) is 11.3. The highest BCUT2D eigenvalue weighted by Gasteiger charge is 2.15. The second-order valence-corrected chi connectivity index (χ2v) is 5.13. The van der Waals surface area contributed by atoms with E-state index in [1.54, 1.807) is 14.2 Å². The monoisotopic (exact) mass is 222 g/mol. The van der Waals surface area contributed by atoms with Crippen LogP contribution in [0.15, 0.2) is 0 Å². The zero-order valence-corrected chi connectivity index (χ0v) is 10.4. The zero-order valence-electron chi connectivity index (χ0n) is 9.23. The molecule has 0 bridgehead atoms. The van der Waals surface area contributed by atoms with Gasteiger partial charge >= 0.3 is 9.53 Å². The van der Waals surface area contributed by atoms with Gasteiger partial charge in [-0.2, -0.15) is 0 Å². The lowest BCUT2D eigenvalue weighted by molar-refractivity contribution is 0.126. The summed E-state index contributed by atoms with van der Waals surface area (Å²) in [6.45, 7) is 3.15. The summed E-state index contributed by atoms with van der Waals surface area (Å²) in [6, 6.07) is 0.105. The van der Waals surface area contributed by atoms with E-state index >= 15 is 0 Å². The first kappa shape index (κ1) is 14.0. The average molecular weight is 222 g/mol. The molecule has 0 heterocycles. The largest absolute Gasteiger partial charge is 0.483 e. The van der Waals surface area contributed by atoms with Crippen molar-refractivity contribution >= 4 is 9.53 Å². The molecule has 0 radical (unpaired) electrons. The van der Waals surface area contributed by atoms with Crippen molar-refractivity contribution in [3.63, 3.8) is 0 Å². The Morgan fingerprint density at radius 3 is 2.21 bits per heavy atom. The Labute approximate surface area is 87.7 Å². The van der Waals surface area contributed by atoms with E-state index < -0.39 is 9.53 Å². The predicted octanol–water partition coefficient (Wildman–Crippen LogP) is -0.675. The Kier molecular flexibility index (Phi) is 8.35. The number of nitrogens with two attached hydrogens (primary N) is 2. The average Bonchev–Trinajstić information content (AvgIpc) is 2.18. The van der Waals surface area contributed by atoms with Crippen molar-refractivity contribution in [3.05, 3.63) is 0 Å². The van der Waals surface area contributed by atoms with E-state index in [1.807, 2.05) is 6.92 Å². The Hall–Kier alpha value is 0.0169. The van der Waals surface area contributed by atoms with Crippen LogP contribution in [0.4, 0.5) is 0 Å². The molecule has 0 fully saturated rings. The summed E-state index contributed by atoms with van der Waals surface area (Å²) >= 11 is 0. The van der Waals surface area contributed by atoms with Gasteiger partial charge in [-0.25, -0.2) is 0 Å². The van der Waals surface area contributed by atoms with Crippen molar-refractivity contribution in [2.45, 2.75) is 19.4 Å². The molecule has 14 heavy (non-hydrogen) atoms. The zero-order chi connectivity index (χ0) is 11.0. The summed E-state index contributed by atoms with van der Waals surface area (Å²) < 4.78 is 15.4. The number of rotatable bonds is 8. The fraction of sp³-hybridized carbons (Fsp3) is 1.00. The van der Waals surface area contributed by atoms with E-state index in [1.165, 1.54) is 0 Å². The van der Waals surface area contributed by atoms with Crippen LogP contribution in [0.25, 0.3) is 0 Å². The highest BCUT2D eigenvalue weighted by molar-refractivity contribution is 6.36. The summed E-state index contributed by atoms with van der Waals surface area (Å²) in [5.74, 6) is 0.304. The molecule has 2 unspecified atom stereocenters. The molecule has 0 rings (SSSR count). The van der Waals surface area contributed by atoms with E-state index in [0.717, 1.165) is 6.42 Å². The molecule has 0 aliphatic carbocycles. The van der Waals surface area contributed by atoms with Crippen molar-refractivity contribution in [3.8, 4) is 0 Å². The van der Waals surface area contributed by atoms with E-state index in [9.17, 15) is 0 Å². The number of hydrogen-bond acceptors (Lipinski definition) is 5. The Morgan fingerprint density at radius 2 is 1.86 bits per heavy atom. The van der Waals surface area contributed by atoms with Crippen molar-refractivity contribution in [1.29, 1.82) is 0 Å². The summed E-state index contributed by atoms with van der Waals surface area (Å²) in [5, 5.41) is 0. The molecule has 0 aromatic heterocycles. The molecule has 5 nitrogen and oxygen atoms in total. The van der Waals surface area contributed by atoms with E-state index in [0.29, 0.717) is 19.1 Å². The molecule has 2 atom stereocenters. The van der Waals surface area contributed by atoms with Gasteiger partial charge in [-0.15, -0.1) is 0 Å². The maximum atomic E-state index is 5.74. The molecule has 86 valence electrons. The van der Waals surface area contributed by atoms with Gasteiger partial charge in [0, 0.05) is 26.9 Å². The van der Waals surface area contributed by atoms with Crippen LogP contribution in [0.3, 0.4) is 0 Å². The van der Waals surface area contributed by atoms with Gasteiger partial charge in [-0.3, -0.25) is 0 Å². The SMILES string of the molecule is CO[SiH](OC)OCCC(CN)C(C)N. The topological polar surface area (TPSA) is 79.7 Å². The minimum atomic E-state index is -1.88. The van der Waals surface area contributed by atoms with Gasteiger partial charge in [0.2, 0.25) is 0 Å². The standard InChI is InChI=1S/C8H22N2O3Si/c1-7(10)8(6-9)4-5-13-14(11-2)12-3/h7-8,14H,4-6,9-10H2,1-3H3. The Bertz CT molecular complexity index is 134. The lowest BCUT2D eigenvalue weighted by Crippen LogP contribution is -2.34. The van der Waals surface area contributed by atoms with Gasteiger partial charge in [0.15, 0.2) is 0 Å². The molecule has 0 aromatic carbocycles. The minimum absolute atomic E-state index is 0.105. The lowest BCUT2D eigenvalue weighted by Gasteiger charge is -2.19. The van der Waals surface area contributed by atoms with Gasteiger partial charge in [0.25, 0.3) is 0 Å². The summed E-state index contributed by atoms with van der Waals surface area (Å²) in [4.78, 5) is 0. The van der Waals surface area contributed by atoms with Crippen LogP contribution >= 0.6 is 0 Å². The van der Waals surface area contributed by atoms with Crippen LogP contribution in [0.2, 0.25) is 0 Å². The van der Waals surface area contributed by atoms with Crippen LogP contribution < -0.4 is 11.5 Å². The summed E-state index contributed by atoms with van der Waals surface area (Å²) in [7, 11) is 1.30. The fourth-order valence-corrected chi connectivity index (χ4v) is 1.94. The van der Waals surface area contributed by atoms with Crippen molar-refractivity contribution < 1.29 is 13.3 Å². The third-order valence-corrected chi connectivity index (χ3v) is 3.45. The number of hydrogen-bond donors (Lipinski definition) is 2. The van der Waals surface area contributed by atoms with E-state index in [-0.39, 0.29) is 6.04 Å². The van der Waals surface area contributed by atoms with Crippen molar-refractivity contribution in [2.24, 2.45) is 17.4 Å². The quantitative estimate of drug-likeness (QED) is 0.532. The van der Waals surface area contributed by atoms with Crippen LogP contribution in [0.1, 0.15) is 13.3 Å². The highest BCUT2D eigenvalue weighted by Crippen LogP contribution is 2.05. The van der Waals surface area contributed by atoms with Crippen LogP contribution in [0, 0.1) is 5.92 Å².